The molecular weight excluding hydrogens is 411 g/mol. The van der Waals surface area contributed by atoms with Gasteiger partial charge >= 0.3 is 6.61 Å². The van der Waals surface area contributed by atoms with Crippen molar-refractivity contribution in [3.63, 3.8) is 0 Å². The topological polar surface area (TPSA) is 60.4 Å². The van der Waals surface area contributed by atoms with Gasteiger partial charge in [0, 0.05) is 58.4 Å². The number of benzene rings is 1. The second kappa shape index (κ2) is 11.2. The Labute approximate surface area is 180 Å². The molecule has 0 unspecified atom stereocenters. The zero-order valence-corrected chi connectivity index (χ0v) is 17.8. The van der Waals surface area contributed by atoms with Gasteiger partial charge in [-0.15, -0.1) is 0 Å². The Morgan fingerprint density at radius 2 is 1.81 bits per heavy atom. The maximum Gasteiger partial charge on any atom is 0.387 e. The first-order valence-corrected chi connectivity index (χ1v) is 10.7. The highest BCUT2D eigenvalue weighted by Gasteiger charge is 2.24. The van der Waals surface area contributed by atoms with E-state index < -0.39 is 12.4 Å². The predicted molar refractivity (Wildman–Crippen MR) is 112 cm³/mol. The molecule has 1 aromatic carbocycles. The van der Waals surface area contributed by atoms with Crippen molar-refractivity contribution in [1.82, 2.24) is 20.0 Å². The molecule has 10 heteroatoms. The molecule has 7 nitrogen and oxygen atoms in total. The van der Waals surface area contributed by atoms with Crippen molar-refractivity contribution >= 4 is 11.9 Å². The summed E-state index contributed by atoms with van der Waals surface area (Å²) in [5.74, 6) is -0.0869. The van der Waals surface area contributed by atoms with E-state index in [1.54, 1.807) is 7.05 Å². The third-order valence-electron chi connectivity index (χ3n) is 5.67. The summed E-state index contributed by atoms with van der Waals surface area (Å²) in [5, 5.41) is 3.03. The summed E-state index contributed by atoms with van der Waals surface area (Å²) in [6.07, 6.45) is 3.35. The van der Waals surface area contributed by atoms with Crippen LogP contribution < -0.4 is 10.1 Å². The number of nitrogens with zero attached hydrogens (tertiary/aromatic N) is 4. The zero-order valence-electron chi connectivity index (χ0n) is 17.8. The highest BCUT2D eigenvalue weighted by molar-refractivity contribution is 5.80. The standard InChI is InChI=1S/C21H30F3N5O2/c1-25-21(26-14-16-17(22)6-5-7-18(16)31-20(23)24)29-12-10-27(11-13-29)15-19(30)28-8-3-2-4-9-28/h5-7,20H,2-4,8-15H2,1H3,(H,25,26). The Hall–Kier alpha value is -2.49. The lowest BCUT2D eigenvalue weighted by molar-refractivity contribution is -0.133. The zero-order chi connectivity index (χ0) is 22.2. The number of hydrogen-bond acceptors (Lipinski definition) is 4. The molecule has 2 aliphatic heterocycles. The summed E-state index contributed by atoms with van der Waals surface area (Å²) < 4.78 is 43.8. The number of rotatable bonds is 6. The number of piperazine rings is 1. The number of carbonyl (C=O) groups is 1. The van der Waals surface area contributed by atoms with Gasteiger partial charge in [0.15, 0.2) is 5.96 Å². The van der Waals surface area contributed by atoms with E-state index in [0.717, 1.165) is 25.9 Å². The number of amides is 1. The fraction of sp³-hybridized carbons (Fsp3) is 0.619. The van der Waals surface area contributed by atoms with E-state index in [1.807, 2.05) is 9.80 Å². The van der Waals surface area contributed by atoms with Crippen LogP contribution in [0.15, 0.2) is 23.2 Å². The fourth-order valence-corrected chi connectivity index (χ4v) is 3.97. The summed E-state index contributed by atoms with van der Waals surface area (Å²) in [6, 6.07) is 3.85. The minimum atomic E-state index is -3.03. The number of hydrogen-bond donors (Lipinski definition) is 1. The smallest absolute Gasteiger partial charge is 0.387 e. The molecule has 0 aliphatic carbocycles. The molecule has 31 heavy (non-hydrogen) atoms. The summed E-state index contributed by atoms with van der Waals surface area (Å²) in [5.41, 5.74) is 0.0229. The van der Waals surface area contributed by atoms with E-state index in [0.29, 0.717) is 38.7 Å². The fourth-order valence-electron chi connectivity index (χ4n) is 3.97. The third-order valence-corrected chi connectivity index (χ3v) is 5.67. The molecule has 3 rings (SSSR count). The summed E-state index contributed by atoms with van der Waals surface area (Å²) in [7, 11) is 1.62. The van der Waals surface area contributed by atoms with Gasteiger partial charge in [0.2, 0.25) is 5.91 Å². The third kappa shape index (κ3) is 6.49. The van der Waals surface area contributed by atoms with Crippen molar-refractivity contribution in [3.8, 4) is 5.75 Å². The molecule has 2 saturated heterocycles. The number of nitrogens with one attached hydrogen (secondary N) is 1. The van der Waals surface area contributed by atoms with Crippen molar-refractivity contribution in [2.45, 2.75) is 32.4 Å². The van der Waals surface area contributed by atoms with Crippen LogP contribution in [0.2, 0.25) is 0 Å². The van der Waals surface area contributed by atoms with E-state index in [9.17, 15) is 18.0 Å². The van der Waals surface area contributed by atoms with Gasteiger partial charge in [-0.3, -0.25) is 14.7 Å². The van der Waals surface area contributed by atoms with Gasteiger partial charge in [0.1, 0.15) is 11.6 Å². The van der Waals surface area contributed by atoms with Crippen molar-refractivity contribution < 1.29 is 22.7 Å². The van der Waals surface area contributed by atoms with Crippen LogP contribution in [0.1, 0.15) is 24.8 Å². The lowest BCUT2D eigenvalue weighted by Crippen LogP contribution is -2.54. The SMILES string of the molecule is CN=C(NCc1c(F)cccc1OC(F)F)N1CCN(CC(=O)N2CCCCC2)CC1. The number of guanidine groups is 1. The van der Waals surface area contributed by atoms with Crippen molar-refractivity contribution in [3.05, 3.63) is 29.6 Å². The van der Waals surface area contributed by atoms with Crippen LogP contribution >= 0.6 is 0 Å². The predicted octanol–water partition coefficient (Wildman–Crippen LogP) is 2.13. The lowest BCUT2D eigenvalue weighted by atomic mass is 10.1. The van der Waals surface area contributed by atoms with Gasteiger partial charge in [0.25, 0.3) is 0 Å². The Bertz CT molecular complexity index is 763. The number of ether oxygens (including phenoxy) is 1. The van der Waals surface area contributed by atoms with Gasteiger partial charge in [-0.1, -0.05) is 6.07 Å². The minimum absolute atomic E-state index is 0.0229. The number of alkyl halides is 2. The second-order valence-electron chi connectivity index (χ2n) is 7.70. The minimum Gasteiger partial charge on any atom is -0.434 e. The Kier molecular flexibility index (Phi) is 8.39. The van der Waals surface area contributed by atoms with Crippen LogP contribution in [0, 0.1) is 5.82 Å². The highest BCUT2D eigenvalue weighted by Crippen LogP contribution is 2.23. The molecule has 0 spiro atoms. The van der Waals surface area contributed by atoms with E-state index in [1.165, 1.54) is 24.6 Å². The van der Waals surface area contributed by atoms with E-state index in [-0.39, 0.29) is 23.8 Å². The largest absolute Gasteiger partial charge is 0.434 e. The van der Waals surface area contributed by atoms with Crippen molar-refractivity contribution in [1.29, 1.82) is 0 Å². The number of likely N-dealkylation sites (tertiary alicyclic amines) is 1. The van der Waals surface area contributed by atoms with Crippen LogP contribution in [0.5, 0.6) is 5.75 Å². The average Bonchev–Trinajstić information content (AvgIpc) is 2.77. The number of aliphatic imine (C=N–C) groups is 1. The van der Waals surface area contributed by atoms with Gasteiger partial charge < -0.3 is 19.9 Å². The van der Waals surface area contributed by atoms with Crippen LogP contribution in [-0.2, 0) is 11.3 Å². The molecule has 0 bridgehead atoms. The molecular formula is C21H30F3N5O2. The number of piperidine rings is 1. The van der Waals surface area contributed by atoms with Crippen molar-refractivity contribution in [2.75, 3.05) is 52.9 Å². The van der Waals surface area contributed by atoms with Gasteiger partial charge in [-0.25, -0.2) is 4.39 Å². The summed E-state index contributed by atoms with van der Waals surface area (Å²) in [4.78, 5) is 22.8. The first-order chi connectivity index (χ1) is 15.0. The number of halogens is 3. The van der Waals surface area contributed by atoms with Crippen LogP contribution in [0.4, 0.5) is 13.2 Å². The first kappa shape index (κ1) is 23.2. The molecule has 1 amide bonds. The monoisotopic (exact) mass is 441 g/mol. The van der Waals surface area contributed by atoms with Gasteiger partial charge in [-0.05, 0) is 31.4 Å². The molecule has 0 atom stereocenters. The number of carbonyl (C=O) groups excluding carboxylic acids is 1. The molecule has 172 valence electrons. The maximum atomic E-state index is 14.2. The average molecular weight is 441 g/mol. The molecule has 0 saturated carbocycles. The molecule has 2 heterocycles. The van der Waals surface area contributed by atoms with E-state index in [2.05, 4.69) is 19.9 Å². The normalized spacial score (nSPS) is 18.4. The van der Waals surface area contributed by atoms with Crippen molar-refractivity contribution in [2.24, 2.45) is 4.99 Å². The van der Waals surface area contributed by atoms with Crippen LogP contribution in [-0.4, -0.2) is 86.0 Å². The quantitative estimate of drug-likeness (QED) is 0.542. The van der Waals surface area contributed by atoms with Crippen LogP contribution in [0.3, 0.4) is 0 Å². The molecule has 0 aromatic heterocycles. The Morgan fingerprint density at radius 1 is 1.10 bits per heavy atom. The molecule has 1 aromatic rings. The summed E-state index contributed by atoms with van der Waals surface area (Å²) >= 11 is 0. The summed E-state index contributed by atoms with van der Waals surface area (Å²) in [6.45, 7) is 1.79. The lowest BCUT2D eigenvalue weighted by Gasteiger charge is -2.37. The van der Waals surface area contributed by atoms with E-state index in [4.69, 9.17) is 0 Å². The Balaban J connectivity index is 1.50. The first-order valence-electron chi connectivity index (χ1n) is 10.7. The van der Waals surface area contributed by atoms with Crippen LogP contribution in [0.25, 0.3) is 0 Å². The van der Waals surface area contributed by atoms with Gasteiger partial charge in [0.05, 0.1) is 6.54 Å². The van der Waals surface area contributed by atoms with Gasteiger partial charge in [-0.2, -0.15) is 8.78 Å². The molecule has 1 N–H and O–H groups in total. The molecule has 2 fully saturated rings. The van der Waals surface area contributed by atoms with E-state index >= 15 is 0 Å². The highest BCUT2D eigenvalue weighted by atomic mass is 19.3. The molecule has 0 radical (unpaired) electrons. The Morgan fingerprint density at radius 3 is 2.45 bits per heavy atom. The maximum absolute atomic E-state index is 14.2. The second-order valence-corrected chi connectivity index (χ2v) is 7.70. The molecule has 2 aliphatic rings.